The van der Waals surface area contributed by atoms with E-state index < -0.39 is 5.54 Å². The zero-order chi connectivity index (χ0) is 14.6. The van der Waals surface area contributed by atoms with Crippen LogP contribution in [0.15, 0.2) is 17.6 Å². The van der Waals surface area contributed by atoms with E-state index in [1.165, 1.54) is 11.8 Å². The van der Waals surface area contributed by atoms with Crippen LogP contribution in [-0.4, -0.2) is 26.2 Å². The van der Waals surface area contributed by atoms with Gasteiger partial charge < -0.3 is 9.88 Å². The topological polar surface area (TPSA) is 70.7 Å². The third kappa shape index (κ3) is 3.34. The number of aryl methyl sites for hydroxylation is 1. The molecule has 1 amide bonds. The predicted molar refractivity (Wildman–Crippen MR) is 78.1 cm³/mol. The lowest BCUT2D eigenvalue weighted by molar-refractivity contribution is -0.121. The molecule has 1 aliphatic carbocycles. The zero-order valence-electron chi connectivity index (χ0n) is 11.9. The van der Waals surface area contributed by atoms with E-state index in [4.69, 9.17) is 0 Å². The van der Waals surface area contributed by atoms with Crippen molar-refractivity contribution in [3.8, 4) is 6.07 Å². The van der Waals surface area contributed by atoms with Gasteiger partial charge in [-0.15, -0.1) is 0 Å². The van der Waals surface area contributed by atoms with Gasteiger partial charge in [0, 0.05) is 19.4 Å². The Morgan fingerprint density at radius 1 is 1.55 bits per heavy atom. The minimum Gasteiger partial charge on any atom is -0.337 e. The van der Waals surface area contributed by atoms with Crippen molar-refractivity contribution in [2.24, 2.45) is 7.05 Å². The molecule has 108 valence electrons. The number of nitriles is 1. The summed E-state index contributed by atoms with van der Waals surface area (Å²) >= 11 is 1.41. The van der Waals surface area contributed by atoms with Crippen molar-refractivity contribution in [3.05, 3.63) is 12.4 Å². The first-order chi connectivity index (χ1) is 9.56. The number of carbonyl (C=O) groups is 1. The number of thioether (sulfide) groups is 1. The summed E-state index contributed by atoms with van der Waals surface area (Å²) in [7, 11) is 1.90. The summed E-state index contributed by atoms with van der Waals surface area (Å²) in [6.07, 6.45) is 8.25. The molecule has 0 aliphatic heterocycles. The molecule has 0 saturated heterocycles. The molecule has 2 rings (SSSR count). The third-order valence-corrected chi connectivity index (χ3v) is 4.88. The first-order valence-electron chi connectivity index (χ1n) is 6.93. The van der Waals surface area contributed by atoms with Crippen LogP contribution in [0, 0.1) is 11.3 Å². The maximum absolute atomic E-state index is 12.3. The molecule has 0 unspecified atom stereocenters. The van der Waals surface area contributed by atoms with Crippen LogP contribution >= 0.6 is 11.8 Å². The summed E-state index contributed by atoms with van der Waals surface area (Å²) < 4.78 is 1.88. The summed E-state index contributed by atoms with van der Waals surface area (Å²) in [6.45, 7) is 1.85. The fourth-order valence-electron chi connectivity index (χ4n) is 2.43. The molecule has 20 heavy (non-hydrogen) atoms. The number of nitrogens with zero attached hydrogens (tertiary/aromatic N) is 3. The van der Waals surface area contributed by atoms with E-state index in [0.29, 0.717) is 0 Å². The SMILES string of the molecule is C[C@@H](Sc1nccn1C)C(=O)NC1(C#N)CCCCC1. The molecule has 5 nitrogen and oxygen atoms in total. The fraction of sp³-hybridized carbons (Fsp3) is 0.643. The summed E-state index contributed by atoms with van der Waals surface area (Å²) in [5.41, 5.74) is -0.661. The monoisotopic (exact) mass is 292 g/mol. The van der Waals surface area contributed by atoms with Crippen LogP contribution in [0.1, 0.15) is 39.0 Å². The molecule has 0 radical (unpaired) electrons. The first kappa shape index (κ1) is 14.9. The number of nitrogens with one attached hydrogen (secondary N) is 1. The van der Waals surface area contributed by atoms with E-state index in [9.17, 15) is 10.1 Å². The van der Waals surface area contributed by atoms with Gasteiger partial charge in [-0.25, -0.2) is 4.98 Å². The lowest BCUT2D eigenvalue weighted by Gasteiger charge is -2.32. The average Bonchev–Trinajstić information content (AvgIpc) is 2.85. The van der Waals surface area contributed by atoms with Crippen molar-refractivity contribution >= 4 is 17.7 Å². The minimum atomic E-state index is -0.661. The van der Waals surface area contributed by atoms with Crippen molar-refractivity contribution in [3.63, 3.8) is 0 Å². The number of hydrogen-bond donors (Lipinski definition) is 1. The van der Waals surface area contributed by atoms with E-state index in [1.54, 1.807) is 6.20 Å². The van der Waals surface area contributed by atoms with E-state index in [0.717, 1.165) is 37.3 Å². The Hall–Kier alpha value is -1.48. The van der Waals surface area contributed by atoms with Gasteiger partial charge in [0.05, 0.1) is 11.3 Å². The number of imidazole rings is 1. The summed E-state index contributed by atoms with van der Waals surface area (Å²) in [4.78, 5) is 16.5. The molecule has 1 atom stereocenters. The molecule has 1 aromatic heterocycles. The number of hydrogen-bond acceptors (Lipinski definition) is 4. The van der Waals surface area contributed by atoms with Gasteiger partial charge in [-0.05, 0) is 19.8 Å². The molecule has 1 heterocycles. The average molecular weight is 292 g/mol. The van der Waals surface area contributed by atoms with Crippen LogP contribution in [0.4, 0.5) is 0 Å². The summed E-state index contributed by atoms with van der Waals surface area (Å²) in [5, 5.41) is 12.9. The van der Waals surface area contributed by atoms with Gasteiger partial charge in [0.2, 0.25) is 5.91 Å². The highest BCUT2D eigenvalue weighted by molar-refractivity contribution is 8.00. The van der Waals surface area contributed by atoms with Gasteiger partial charge in [0.15, 0.2) is 5.16 Å². The fourth-order valence-corrected chi connectivity index (χ4v) is 3.27. The van der Waals surface area contributed by atoms with E-state index in [2.05, 4.69) is 16.4 Å². The molecule has 0 bridgehead atoms. The number of carbonyl (C=O) groups excluding carboxylic acids is 1. The van der Waals surface area contributed by atoms with Gasteiger partial charge in [0.25, 0.3) is 0 Å². The first-order valence-corrected chi connectivity index (χ1v) is 7.81. The Morgan fingerprint density at radius 3 is 2.80 bits per heavy atom. The molecule has 1 N–H and O–H groups in total. The standard InChI is InChI=1S/C14H20N4OS/c1-11(20-13-16-8-9-18(13)2)12(19)17-14(10-15)6-4-3-5-7-14/h8-9,11H,3-7H2,1-2H3,(H,17,19)/t11-/m1/s1. The summed E-state index contributed by atoms with van der Waals surface area (Å²) in [6, 6.07) is 2.31. The van der Waals surface area contributed by atoms with E-state index in [-0.39, 0.29) is 11.2 Å². The molecular weight excluding hydrogens is 272 g/mol. The quantitative estimate of drug-likeness (QED) is 0.864. The van der Waals surface area contributed by atoms with Gasteiger partial charge in [-0.3, -0.25) is 4.79 Å². The van der Waals surface area contributed by atoms with Gasteiger partial charge in [0.1, 0.15) is 5.54 Å². The van der Waals surface area contributed by atoms with Crippen LogP contribution < -0.4 is 5.32 Å². The second kappa shape index (κ2) is 6.31. The number of rotatable bonds is 4. The molecule has 0 aromatic carbocycles. The largest absolute Gasteiger partial charge is 0.337 e. The van der Waals surface area contributed by atoms with Crippen LogP contribution in [0.3, 0.4) is 0 Å². The Morgan fingerprint density at radius 2 is 2.25 bits per heavy atom. The zero-order valence-corrected chi connectivity index (χ0v) is 12.7. The number of aromatic nitrogens is 2. The minimum absolute atomic E-state index is 0.0820. The second-order valence-electron chi connectivity index (χ2n) is 5.32. The Kier molecular flexibility index (Phi) is 4.71. The summed E-state index contributed by atoms with van der Waals surface area (Å²) in [5.74, 6) is -0.0820. The molecule has 1 aliphatic rings. The highest BCUT2D eigenvalue weighted by Crippen LogP contribution is 2.29. The smallest absolute Gasteiger partial charge is 0.234 e. The predicted octanol–water partition coefficient (Wildman–Crippen LogP) is 2.24. The van der Waals surface area contributed by atoms with Crippen LogP contribution in [0.5, 0.6) is 0 Å². The highest BCUT2D eigenvalue weighted by atomic mass is 32.2. The molecule has 1 aromatic rings. The number of amides is 1. The molecular formula is C14H20N4OS. The molecule has 1 saturated carbocycles. The maximum atomic E-state index is 12.3. The highest BCUT2D eigenvalue weighted by Gasteiger charge is 2.35. The van der Waals surface area contributed by atoms with Crippen LogP contribution in [0.2, 0.25) is 0 Å². The van der Waals surface area contributed by atoms with Gasteiger partial charge >= 0.3 is 0 Å². The van der Waals surface area contributed by atoms with Gasteiger partial charge in [-0.1, -0.05) is 31.0 Å². The van der Waals surface area contributed by atoms with Crippen molar-refractivity contribution in [1.82, 2.24) is 14.9 Å². The molecule has 0 spiro atoms. The van der Waals surface area contributed by atoms with E-state index in [1.807, 2.05) is 24.7 Å². The van der Waals surface area contributed by atoms with Crippen molar-refractivity contribution < 1.29 is 4.79 Å². The lowest BCUT2D eigenvalue weighted by atomic mass is 9.83. The normalized spacial score (nSPS) is 19.1. The van der Waals surface area contributed by atoms with Crippen molar-refractivity contribution in [2.45, 2.75) is 55.0 Å². The third-order valence-electron chi connectivity index (χ3n) is 3.71. The van der Waals surface area contributed by atoms with E-state index >= 15 is 0 Å². The lowest BCUT2D eigenvalue weighted by Crippen LogP contribution is -2.50. The van der Waals surface area contributed by atoms with Crippen molar-refractivity contribution in [1.29, 1.82) is 5.26 Å². The maximum Gasteiger partial charge on any atom is 0.234 e. The Bertz CT molecular complexity index is 513. The Labute approximate surface area is 123 Å². The molecule has 6 heteroatoms. The Balaban J connectivity index is 1.97. The van der Waals surface area contributed by atoms with Crippen LogP contribution in [-0.2, 0) is 11.8 Å². The van der Waals surface area contributed by atoms with Crippen molar-refractivity contribution in [2.75, 3.05) is 0 Å². The molecule has 1 fully saturated rings. The second-order valence-corrected chi connectivity index (χ2v) is 6.63. The van der Waals surface area contributed by atoms with Crippen LogP contribution in [0.25, 0.3) is 0 Å². The van der Waals surface area contributed by atoms with Gasteiger partial charge in [-0.2, -0.15) is 5.26 Å².